The van der Waals surface area contributed by atoms with Gasteiger partial charge in [0.15, 0.2) is 0 Å². The van der Waals surface area contributed by atoms with Crippen LogP contribution >= 0.6 is 0 Å². The van der Waals surface area contributed by atoms with Crippen molar-refractivity contribution in [2.75, 3.05) is 6.61 Å². The largest absolute Gasteiger partial charge is 0.491 e. The molecule has 0 saturated carbocycles. The van der Waals surface area contributed by atoms with E-state index in [-0.39, 0.29) is 0 Å². The molecule has 0 fully saturated rings. The molecule has 70 valence electrons. The van der Waals surface area contributed by atoms with Gasteiger partial charge in [-0.1, -0.05) is 24.8 Å². The zero-order valence-electron chi connectivity index (χ0n) is 7.73. The summed E-state index contributed by atoms with van der Waals surface area (Å²) in [7, 11) is 0. The first-order valence-corrected chi connectivity index (χ1v) is 4.25. The summed E-state index contributed by atoms with van der Waals surface area (Å²) in [5, 5.41) is 8.97. The number of aliphatic hydroxyl groups is 1. The minimum Gasteiger partial charge on any atom is -0.491 e. The van der Waals surface area contributed by atoms with E-state index in [0.29, 0.717) is 6.61 Å². The Bertz CT molecular complexity index is 262. The maximum absolute atomic E-state index is 8.97. The summed E-state index contributed by atoms with van der Waals surface area (Å²) in [6.07, 6.45) is 1.34. The molecule has 1 aromatic carbocycles. The Labute approximate surface area is 78.5 Å². The molecule has 0 spiro atoms. The maximum atomic E-state index is 8.97. The van der Waals surface area contributed by atoms with E-state index < -0.39 is 6.10 Å². The first-order chi connectivity index (χ1) is 6.22. The monoisotopic (exact) mass is 178 g/mol. The van der Waals surface area contributed by atoms with Gasteiger partial charge in [0.25, 0.3) is 0 Å². The Kier molecular flexibility index (Phi) is 3.53. The smallest absolute Gasteiger partial charge is 0.119 e. The normalized spacial score (nSPS) is 12.2. The Morgan fingerprint density at radius 1 is 1.46 bits per heavy atom. The summed E-state index contributed by atoms with van der Waals surface area (Å²) in [5.41, 5.74) is 1.06. The average molecular weight is 178 g/mol. The summed E-state index contributed by atoms with van der Waals surface area (Å²) < 4.78 is 5.28. The lowest BCUT2D eigenvalue weighted by molar-refractivity contribution is 0.123. The minimum absolute atomic E-state index is 0.327. The molecule has 2 heteroatoms. The molecule has 0 radical (unpaired) electrons. The third kappa shape index (κ3) is 3.30. The highest BCUT2D eigenvalue weighted by Crippen LogP contribution is 2.12. The van der Waals surface area contributed by atoms with E-state index in [2.05, 4.69) is 6.58 Å². The van der Waals surface area contributed by atoms with Crippen molar-refractivity contribution in [3.63, 3.8) is 0 Å². The second-order valence-corrected chi connectivity index (χ2v) is 2.93. The van der Waals surface area contributed by atoms with Crippen LogP contribution in [-0.2, 0) is 0 Å². The van der Waals surface area contributed by atoms with Crippen molar-refractivity contribution < 1.29 is 9.84 Å². The van der Waals surface area contributed by atoms with Crippen LogP contribution in [-0.4, -0.2) is 17.8 Å². The van der Waals surface area contributed by atoms with E-state index >= 15 is 0 Å². The predicted octanol–water partition coefficient (Wildman–Crippen LogP) is 2.09. The molecule has 0 aliphatic carbocycles. The van der Waals surface area contributed by atoms with Crippen LogP contribution in [0.4, 0.5) is 0 Å². The molecule has 0 amide bonds. The number of hydrogen-bond donors (Lipinski definition) is 1. The molecular weight excluding hydrogens is 164 g/mol. The molecule has 0 aliphatic heterocycles. The van der Waals surface area contributed by atoms with Gasteiger partial charge in [0.05, 0.1) is 6.10 Å². The number of ether oxygens (including phenoxy) is 1. The first-order valence-electron chi connectivity index (χ1n) is 4.25. The number of aliphatic hydroxyl groups excluding tert-OH is 1. The van der Waals surface area contributed by atoms with Crippen LogP contribution in [0.2, 0.25) is 0 Å². The molecule has 1 rings (SSSR count). The topological polar surface area (TPSA) is 29.5 Å². The van der Waals surface area contributed by atoms with E-state index in [1.807, 2.05) is 24.3 Å². The first kappa shape index (κ1) is 9.81. The summed E-state index contributed by atoms with van der Waals surface area (Å²) in [4.78, 5) is 0. The van der Waals surface area contributed by atoms with Crippen LogP contribution in [0.5, 0.6) is 5.75 Å². The average Bonchev–Trinajstić information content (AvgIpc) is 2.15. The Morgan fingerprint density at radius 2 is 2.08 bits per heavy atom. The molecule has 0 aliphatic rings. The number of benzene rings is 1. The molecule has 1 unspecified atom stereocenters. The molecule has 0 heterocycles. The third-order valence-corrected chi connectivity index (χ3v) is 1.61. The van der Waals surface area contributed by atoms with Crippen LogP contribution in [0.25, 0.3) is 6.08 Å². The zero-order chi connectivity index (χ0) is 9.68. The molecule has 1 N–H and O–H groups in total. The van der Waals surface area contributed by atoms with E-state index in [9.17, 15) is 0 Å². The summed E-state index contributed by atoms with van der Waals surface area (Å²) in [6.45, 7) is 5.67. The van der Waals surface area contributed by atoms with Crippen LogP contribution in [0, 0.1) is 0 Å². The van der Waals surface area contributed by atoms with Gasteiger partial charge in [-0.3, -0.25) is 0 Å². The van der Waals surface area contributed by atoms with Crippen molar-refractivity contribution in [1.82, 2.24) is 0 Å². The summed E-state index contributed by atoms with van der Waals surface area (Å²) in [5.74, 6) is 0.770. The summed E-state index contributed by atoms with van der Waals surface area (Å²) >= 11 is 0. The molecule has 0 saturated heterocycles. The lowest BCUT2D eigenvalue weighted by atomic mass is 10.2. The fourth-order valence-corrected chi connectivity index (χ4v) is 0.917. The Morgan fingerprint density at radius 3 is 2.54 bits per heavy atom. The van der Waals surface area contributed by atoms with Crippen LogP contribution in [0.1, 0.15) is 12.5 Å². The predicted molar refractivity (Wildman–Crippen MR) is 53.7 cm³/mol. The minimum atomic E-state index is -0.431. The SMILES string of the molecule is C=Cc1ccc(OCC(C)O)cc1. The van der Waals surface area contributed by atoms with Crippen molar-refractivity contribution in [2.45, 2.75) is 13.0 Å². The van der Waals surface area contributed by atoms with Gasteiger partial charge in [-0.15, -0.1) is 0 Å². The van der Waals surface area contributed by atoms with Crippen molar-refractivity contribution in [2.24, 2.45) is 0 Å². The van der Waals surface area contributed by atoms with E-state index in [1.165, 1.54) is 0 Å². The quantitative estimate of drug-likeness (QED) is 0.765. The number of hydrogen-bond acceptors (Lipinski definition) is 2. The van der Waals surface area contributed by atoms with Crippen LogP contribution in [0.3, 0.4) is 0 Å². The van der Waals surface area contributed by atoms with Gasteiger partial charge in [-0.2, -0.15) is 0 Å². The van der Waals surface area contributed by atoms with Crippen molar-refractivity contribution in [3.05, 3.63) is 36.4 Å². The lowest BCUT2D eigenvalue weighted by Gasteiger charge is -2.07. The molecule has 1 atom stereocenters. The molecule has 0 aromatic heterocycles. The molecule has 13 heavy (non-hydrogen) atoms. The van der Waals surface area contributed by atoms with E-state index in [1.54, 1.807) is 13.0 Å². The zero-order valence-corrected chi connectivity index (χ0v) is 7.73. The van der Waals surface area contributed by atoms with Crippen molar-refractivity contribution >= 4 is 6.08 Å². The van der Waals surface area contributed by atoms with Gasteiger partial charge in [0, 0.05) is 0 Å². The highest BCUT2D eigenvalue weighted by atomic mass is 16.5. The molecular formula is C11H14O2. The highest BCUT2D eigenvalue weighted by Gasteiger charge is 1.96. The van der Waals surface area contributed by atoms with Gasteiger partial charge in [0.2, 0.25) is 0 Å². The van der Waals surface area contributed by atoms with Crippen LogP contribution < -0.4 is 4.74 Å². The van der Waals surface area contributed by atoms with Crippen molar-refractivity contribution in [3.8, 4) is 5.75 Å². The highest BCUT2D eigenvalue weighted by molar-refractivity contribution is 5.48. The fraction of sp³-hybridized carbons (Fsp3) is 0.273. The van der Waals surface area contributed by atoms with Gasteiger partial charge in [-0.05, 0) is 24.6 Å². The van der Waals surface area contributed by atoms with Gasteiger partial charge < -0.3 is 9.84 Å². The second-order valence-electron chi connectivity index (χ2n) is 2.93. The summed E-state index contributed by atoms with van der Waals surface area (Å²) in [6, 6.07) is 7.56. The van der Waals surface area contributed by atoms with E-state index in [4.69, 9.17) is 9.84 Å². The van der Waals surface area contributed by atoms with Crippen LogP contribution in [0.15, 0.2) is 30.8 Å². The lowest BCUT2D eigenvalue weighted by Crippen LogP contribution is -2.12. The maximum Gasteiger partial charge on any atom is 0.119 e. The van der Waals surface area contributed by atoms with Crippen molar-refractivity contribution in [1.29, 1.82) is 0 Å². The Hall–Kier alpha value is -1.28. The second kappa shape index (κ2) is 4.67. The molecule has 0 bridgehead atoms. The molecule has 1 aromatic rings. The third-order valence-electron chi connectivity index (χ3n) is 1.61. The standard InChI is InChI=1S/C11H14O2/c1-3-10-4-6-11(7-5-10)13-8-9(2)12/h3-7,9,12H,1,8H2,2H3. The van der Waals surface area contributed by atoms with Gasteiger partial charge in [-0.25, -0.2) is 0 Å². The van der Waals surface area contributed by atoms with Gasteiger partial charge >= 0.3 is 0 Å². The molecule has 2 nitrogen and oxygen atoms in total. The Balaban J connectivity index is 2.54. The fourth-order valence-electron chi connectivity index (χ4n) is 0.917. The van der Waals surface area contributed by atoms with E-state index in [0.717, 1.165) is 11.3 Å². The number of rotatable bonds is 4. The van der Waals surface area contributed by atoms with Gasteiger partial charge in [0.1, 0.15) is 12.4 Å².